The van der Waals surface area contributed by atoms with Crippen LogP contribution in [0.2, 0.25) is 0 Å². The van der Waals surface area contributed by atoms with Gasteiger partial charge >= 0.3 is 0 Å². The number of alkyl halides is 1. The van der Waals surface area contributed by atoms with Crippen molar-refractivity contribution in [2.75, 3.05) is 5.88 Å². The first-order valence-electron chi connectivity index (χ1n) is 6.07. The van der Waals surface area contributed by atoms with Crippen LogP contribution in [-0.2, 0) is 6.54 Å². The van der Waals surface area contributed by atoms with E-state index in [4.69, 9.17) is 11.6 Å². The normalized spacial score (nSPS) is 14.0. The van der Waals surface area contributed by atoms with E-state index >= 15 is 0 Å². The van der Waals surface area contributed by atoms with Crippen LogP contribution in [0.3, 0.4) is 0 Å². The third-order valence-electron chi connectivity index (χ3n) is 3.02. The van der Waals surface area contributed by atoms with E-state index in [9.17, 15) is 0 Å². The number of rotatable bonds is 5. The number of nitrogens with zero attached hydrogens (tertiary/aromatic N) is 1. The summed E-state index contributed by atoms with van der Waals surface area (Å²) < 4.78 is 0. The molecule has 0 radical (unpaired) electrons. The molecule has 0 aliphatic heterocycles. The summed E-state index contributed by atoms with van der Waals surface area (Å²) in [6, 6.07) is 0.435. The van der Waals surface area contributed by atoms with Crippen LogP contribution in [0.25, 0.3) is 0 Å². The van der Waals surface area contributed by atoms with Gasteiger partial charge in [-0.15, -0.1) is 22.9 Å². The second kappa shape index (κ2) is 6.17. The Labute approximate surface area is 114 Å². The summed E-state index contributed by atoms with van der Waals surface area (Å²) in [6.45, 7) is 11.8. The zero-order chi connectivity index (χ0) is 13.1. The Bertz CT molecular complexity index is 335. The van der Waals surface area contributed by atoms with E-state index < -0.39 is 0 Å². The Hall–Kier alpha value is -0.120. The molecule has 4 heteroatoms. The monoisotopic (exact) mass is 274 g/mol. The number of hydrogen-bond donors (Lipinski definition) is 1. The minimum absolute atomic E-state index is 0.232. The molecule has 0 bridgehead atoms. The van der Waals surface area contributed by atoms with Crippen molar-refractivity contribution in [2.45, 2.75) is 53.6 Å². The van der Waals surface area contributed by atoms with E-state index in [2.05, 4.69) is 44.9 Å². The highest BCUT2D eigenvalue weighted by Crippen LogP contribution is 2.23. The molecule has 0 spiro atoms. The van der Waals surface area contributed by atoms with E-state index in [0.717, 1.165) is 18.7 Å². The third kappa shape index (κ3) is 4.57. The number of aryl methyl sites for hydroxylation is 2. The second-order valence-corrected chi connectivity index (χ2v) is 7.19. The fraction of sp³-hybridized carbons (Fsp3) is 0.769. The summed E-state index contributed by atoms with van der Waals surface area (Å²) in [5, 5.41) is 4.75. The van der Waals surface area contributed by atoms with Crippen molar-refractivity contribution >= 4 is 22.9 Å². The fourth-order valence-electron chi connectivity index (χ4n) is 1.78. The van der Waals surface area contributed by atoms with Crippen molar-refractivity contribution < 1.29 is 0 Å². The maximum Gasteiger partial charge on any atom is 0.107 e. The summed E-state index contributed by atoms with van der Waals surface area (Å²) in [5.41, 5.74) is 1.38. The quantitative estimate of drug-likeness (QED) is 0.824. The van der Waals surface area contributed by atoms with Gasteiger partial charge in [-0.25, -0.2) is 4.98 Å². The van der Waals surface area contributed by atoms with Crippen molar-refractivity contribution in [1.29, 1.82) is 0 Å². The molecule has 1 heterocycles. The Morgan fingerprint density at radius 1 is 1.35 bits per heavy atom. The number of nitrogens with one attached hydrogen (secondary N) is 1. The third-order valence-corrected chi connectivity index (χ3v) is 4.31. The lowest BCUT2D eigenvalue weighted by atomic mass is 9.85. The number of halogens is 1. The molecular formula is C13H23ClN2S. The number of thiazole rings is 1. The van der Waals surface area contributed by atoms with Gasteiger partial charge in [-0.2, -0.15) is 0 Å². The van der Waals surface area contributed by atoms with Crippen LogP contribution in [0.1, 0.15) is 42.8 Å². The molecule has 0 aromatic carbocycles. The second-order valence-electron chi connectivity index (χ2n) is 5.53. The molecular weight excluding hydrogens is 252 g/mol. The van der Waals surface area contributed by atoms with E-state index in [1.54, 1.807) is 11.3 Å². The van der Waals surface area contributed by atoms with Crippen LogP contribution in [0.5, 0.6) is 0 Å². The molecule has 1 atom stereocenters. The highest BCUT2D eigenvalue weighted by molar-refractivity contribution is 7.11. The standard InChI is InChI=1S/C13H23ClN2S/c1-9-10(2)17-12(16-9)8-15-11(6-7-14)13(3,4)5/h11,15H,6-8H2,1-5H3. The van der Waals surface area contributed by atoms with Gasteiger partial charge in [0.2, 0.25) is 0 Å². The molecule has 0 aliphatic carbocycles. The summed E-state index contributed by atoms with van der Waals surface area (Å²) >= 11 is 7.64. The van der Waals surface area contributed by atoms with E-state index in [1.807, 2.05) is 0 Å². The van der Waals surface area contributed by atoms with Crippen molar-refractivity contribution in [3.63, 3.8) is 0 Å². The summed E-state index contributed by atoms with van der Waals surface area (Å²) in [6.07, 6.45) is 0.994. The molecule has 2 nitrogen and oxygen atoms in total. The molecule has 0 saturated carbocycles. The molecule has 17 heavy (non-hydrogen) atoms. The van der Waals surface area contributed by atoms with Gasteiger partial charge in [-0.05, 0) is 25.7 Å². The Balaban J connectivity index is 2.57. The SMILES string of the molecule is Cc1nc(CNC(CCCl)C(C)(C)C)sc1C. The maximum atomic E-state index is 5.86. The average molecular weight is 275 g/mol. The van der Waals surface area contributed by atoms with E-state index in [-0.39, 0.29) is 5.41 Å². The molecule has 1 aromatic rings. The molecule has 1 N–H and O–H groups in total. The predicted octanol–water partition coefficient (Wildman–Crippen LogP) is 3.89. The first-order valence-corrected chi connectivity index (χ1v) is 7.42. The summed E-state index contributed by atoms with van der Waals surface area (Å²) in [5.74, 6) is 0.699. The number of aromatic nitrogens is 1. The van der Waals surface area contributed by atoms with Gasteiger partial charge in [0, 0.05) is 23.3 Å². The zero-order valence-electron chi connectivity index (χ0n) is 11.4. The van der Waals surface area contributed by atoms with Gasteiger partial charge in [0.05, 0.1) is 5.69 Å². The average Bonchev–Trinajstić information content (AvgIpc) is 2.51. The predicted molar refractivity (Wildman–Crippen MR) is 77.0 cm³/mol. The van der Waals surface area contributed by atoms with E-state index in [1.165, 1.54) is 9.88 Å². The van der Waals surface area contributed by atoms with Gasteiger partial charge in [-0.3, -0.25) is 0 Å². The molecule has 0 aliphatic rings. The number of hydrogen-bond acceptors (Lipinski definition) is 3. The van der Waals surface area contributed by atoms with Crippen molar-refractivity contribution in [3.8, 4) is 0 Å². The topological polar surface area (TPSA) is 24.9 Å². The first kappa shape index (κ1) is 14.9. The molecule has 0 fully saturated rings. The van der Waals surface area contributed by atoms with Crippen LogP contribution in [0, 0.1) is 19.3 Å². The summed E-state index contributed by atoms with van der Waals surface area (Å²) in [7, 11) is 0. The summed E-state index contributed by atoms with van der Waals surface area (Å²) in [4.78, 5) is 5.86. The zero-order valence-corrected chi connectivity index (χ0v) is 13.0. The Kier molecular flexibility index (Phi) is 5.42. The Morgan fingerprint density at radius 3 is 2.41 bits per heavy atom. The smallest absolute Gasteiger partial charge is 0.107 e. The van der Waals surface area contributed by atoms with Crippen molar-refractivity contribution in [1.82, 2.24) is 10.3 Å². The lowest BCUT2D eigenvalue weighted by Gasteiger charge is -2.31. The lowest BCUT2D eigenvalue weighted by molar-refractivity contribution is 0.260. The van der Waals surface area contributed by atoms with Crippen LogP contribution < -0.4 is 5.32 Å². The largest absolute Gasteiger partial charge is 0.307 e. The minimum atomic E-state index is 0.232. The van der Waals surface area contributed by atoms with E-state index in [0.29, 0.717) is 11.9 Å². The van der Waals surface area contributed by atoms with Crippen molar-refractivity contribution in [2.24, 2.45) is 5.41 Å². The van der Waals surface area contributed by atoms with Crippen LogP contribution in [-0.4, -0.2) is 16.9 Å². The lowest BCUT2D eigenvalue weighted by Crippen LogP contribution is -2.40. The molecule has 1 aromatic heterocycles. The van der Waals surface area contributed by atoms with Gasteiger partial charge in [-0.1, -0.05) is 20.8 Å². The van der Waals surface area contributed by atoms with Gasteiger partial charge in [0.25, 0.3) is 0 Å². The first-order chi connectivity index (χ1) is 7.84. The molecule has 0 amide bonds. The van der Waals surface area contributed by atoms with Crippen LogP contribution in [0.15, 0.2) is 0 Å². The van der Waals surface area contributed by atoms with Crippen LogP contribution in [0.4, 0.5) is 0 Å². The fourth-order valence-corrected chi connectivity index (χ4v) is 2.88. The molecule has 98 valence electrons. The molecule has 0 saturated heterocycles. The van der Waals surface area contributed by atoms with Crippen LogP contribution >= 0.6 is 22.9 Å². The highest BCUT2D eigenvalue weighted by Gasteiger charge is 2.23. The molecule has 1 unspecified atom stereocenters. The van der Waals surface area contributed by atoms with Crippen molar-refractivity contribution in [3.05, 3.63) is 15.6 Å². The minimum Gasteiger partial charge on any atom is -0.307 e. The molecule has 1 rings (SSSR count). The Morgan fingerprint density at radius 2 is 2.00 bits per heavy atom. The van der Waals surface area contributed by atoms with Gasteiger partial charge in [0.1, 0.15) is 5.01 Å². The highest BCUT2D eigenvalue weighted by atomic mass is 35.5. The van der Waals surface area contributed by atoms with Gasteiger partial charge in [0.15, 0.2) is 0 Å². The maximum absolute atomic E-state index is 5.86. The van der Waals surface area contributed by atoms with Gasteiger partial charge < -0.3 is 5.32 Å².